The molecule has 0 unspecified atom stereocenters. The van der Waals surface area contributed by atoms with Crippen molar-refractivity contribution >= 4 is 15.8 Å². The Labute approximate surface area is 193 Å². The number of carboxylic acids is 1. The Morgan fingerprint density at radius 2 is 1.52 bits per heavy atom. The fourth-order valence-corrected chi connectivity index (χ4v) is 4.41. The van der Waals surface area contributed by atoms with Crippen molar-refractivity contribution in [1.29, 1.82) is 0 Å². The van der Waals surface area contributed by atoms with Crippen LogP contribution in [0.5, 0.6) is 0 Å². The van der Waals surface area contributed by atoms with Crippen molar-refractivity contribution in [2.75, 3.05) is 6.26 Å². The number of rotatable bonds is 7. The van der Waals surface area contributed by atoms with Crippen molar-refractivity contribution in [1.82, 2.24) is 9.78 Å². The fourth-order valence-electron chi connectivity index (χ4n) is 3.78. The summed E-state index contributed by atoms with van der Waals surface area (Å²) in [5.41, 5.74) is 4.67. The van der Waals surface area contributed by atoms with Gasteiger partial charge in [-0.1, -0.05) is 72.3 Å². The molecule has 0 radical (unpaired) electrons. The minimum Gasteiger partial charge on any atom is -0.477 e. The van der Waals surface area contributed by atoms with Gasteiger partial charge in [-0.25, -0.2) is 13.2 Å². The molecule has 7 heteroatoms. The Hall–Kier alpha value is -3.71. The molecule has 0 saturated carbocycles. The third-order valence-electron chi connectivity index (χ3n) is 5.51. The zero-order valence-corrected chi connectivity index (χ0v) is 19.2. The van der Waals surface area contributed by atoms with E-state index in [1.807, 2.05) is 61.5 Å². The van der Waals surface area contributed by atoms with Crippen LogP contribution in [-0.2, 0) is 22.8 Å². The zero-order valence-electron chi connectivity index (χ0n) is 18.4. The van der Waals surface area contributed by atoms with Gasteiger partial charge in [-0.3, -0.25) is 4.68 Å². The van der Waals surface area contributed by atoms with Crippen LogP contribution in [0.2, 0.25) is 0 Å². The average Bonchev–Trinajstić information content (AvgIpc) is 3.18. The number of hydrogen-bond donors (Lipinski definition) is 1. The quantitative estimate of drug-likeness (QED) is 0.425. The van der Waals surface area contributed by atoms with Gasteiger partial charge in [0, 0.05) is 23.9 Å². The number of aryl methyl sites for hydroxylation is 3. The summed E-state index contributed by atoms with van der Waals surface area (Å²) in [5, 5.41) is 14.8. The smallest absolute Gasteiger partial charge is 0.354 e. The van der Waals surface area contributed by atoms with Gasteiger partial charge in [0.15, 0.2) is 15.5 Å². The molecule has 1 aromatic heterocycles. The minimum atomic E-state index is -3.34. The van der Waals surface area contributed by atoms with E-state index in [0.29, 0.717) is 29.8 Å². The molecule has 0 atom stereocenters. The lowest BCUT2D eigenvalue weighted by molar-refractivity contribution is 0.0684. The summed E-state index contributed by atoms with van der Waals surface area (Å²) in [6, 6.07) is 23.8. The van der Waals surface area contributed by atoms with Crippen LogP contribution in [0, 0.1) is 6.92 Å². The second-order valence-corrected chi connectivity index (χ2v) is 10.0. The van der Waals surface area contributed by atoms with Gasteiger partial charge in [-0.05, 0) is 36.6 Å². The number of benzene rings is 3. The van der Waals surface area contributed by atoms with Crippen molar-refractivity contribution < 1.29 is 18.3 Å². The lowest BCUT2D eigenvalue weighted by atomic mass is 9.98. The molecule has 0 amide bonds. The normalized spacial score (nSPS) is 11.5. The number of aromatic nitrogens is 2. The molecule has 0 spiro atoms. The van der Waals surface area contributed by atoms with Crippen molar-refractivity contribution in [3.63, 3.8) is 0 Å². The van der Waals surface area contributed by atoms with Gasteiger partial charge >= 0.3 is 5.97 Å². The first-order valence-corrected chi connectivity index (χ1v) is 12.4. The SMILES string of the molecule is Cc1ccc(-c2c(-c3ccc(S(C)(=O)=O)cc3)nn(CCc3ccccc3)c2C(=O)O)cc1. The maximum atomic E-state index is 12.4. The molecule has 0 fully saturated rings. The van der Waals surface area contributed by atoms with Gasteiger partial charge in [0.25, 0.3) is 0 Å². The summed E-state index contributed by atoms with van der Waals surface area (Å²) in [6.07, 6.45) is 1.78. The summed E-state index contributed by atoms with van der Waals surface area (Å²) in [6.45, 7) is 2.36. The minimum absolute atomic E-state index is 0.108. The number of aromatic carboxylic acids is 1. The number of carboxylic acid groups (broad SMARTS) is 1. The molecule has 4 aromatic rings. The first-order chi connectivity index (χ1) is 15.7. The van der Waals surface area contributed by atoms with Crippen molar-refractivity contribution in [2.24, 2.45) is 0 Å². The molecule has 0 aliphatic rings. The predicted octanol–water partition coefficient (Wildman–Crippen LogP) is 4.87. The van der Waals surface area contributed by atoms with Crippen LogP contribution in [0.4, 0.5) is 0 Å². The molecule has 0 aliphatic carbocycles. The Balaban J connectivity index is 1.86. The zero-order chi connectivity index (χ0) is 23.6. The molecular weight excluding hydrogens is 436 g/mol. The molecule has 6 nitrogen and oxygen atoms in total. The van der Waals surface area contributed by atoms with E-state index in [9.17, 15) is 18.3 Å². The van der Waals surface area contributed by atoms with Crippen LogP contribution in [-0.4, -0.2) is 35.5 Å². The van der Waals surface area contributed by atoms with Crippen LogP contribution in [0.1, 0.15) is 21.6 Å². The van der Waals surface area contributed by atoms with Crippen molar-refractivity contribution in [2.45, 2.75) is 24.8 Å². The number of sulfone groups is 1. The lowest BCUT2D eigenvalue weighted by Gasteiger charge is -2.07. The first-order valence-electron chi connectivity index (χ1n) is 10.5. The maximum Gasteiger partial charge on any atom is 0.354 e. The molecule has 168 valence electrons. The number of nitrogens with zero attached hydrogens (tertiary/aromatic N) is 2. The Bertz CT molecular complexity index is 1390. The second kappa shape index (κ2) is 9.03. The van der Waals surface area contributed by atoms with Crippen molar-refractivity contribution in [3.05, 3.63) is 95.7 Å². The van der Waals surface area contributed by atoms with Gasteiger partial charge in [0.1, 0.15) is 5.69 Å². The van der Waals surface area contributed by atoms with E-state index in [4.69, 9.17) is 5.10 Å². The topological polar surface area (TPSA) is 89.3 Å². The van der Waals surface area contributed by atoms with Crippen LogP contribution >= 0.6 is 0 Å². The van der Waals surface area contributed by atoms with Crippen molar-refractivity contribution in [3.8, 4) is 22.4 Å². The Morgan fingerprint density at radius 1 is 0.909 bits per heavy atom. The Kier molecular flexibility index (Phi) is 6.16. The molecule has 0 saturated heterocycles. The standard InChI is InChI=1S/C26H24N2O4S/c1-18-8-10-20(11-9-18)23-24(21-12-14-22(15-13-21)33(2,31)32)27-28(25(23)26(29)30)17-16-19-6-4-3-5-7-19/h3-15H,16-17H2,1-2H3,(H,29,30). The number of hydrogen-bond acceptors (Lipinski definition) is 4. The first kappa shape index (κ1) is 22.5. The monoisotopic (exact) mass is 460 g/mol. The molecule has 0 aliphatic heterocycles. The second-order valence-electron chi connectivity index (χ2n) is 8.00. The molecular formula is C26H24N2O4S. The van der Waals surface area contributed by atoms with Crippen LogP contribution < -0.4 is 0 Å². The predicted molar refractivity (Wildman–Crippen MR) is 128 cm³/mol. The molecule has 1 heterocycles. The van der Waals surface area contributed by atoms with Crippen LogP contribution in [0.3, 0.4) is 0 Å². The molecule has 1 N–H and O–H groups in total. The fraction of sp³-hybridized carbons (Fsp3) is 0.154. The highest BCUT2D eigenvalue weighted by Gasteiger charge is 2.25. The van der Waals surface area contributed by atoms with E-state index in [-0.39, 0.29) is 10.6 Å². The molecule has 0 bridgehead atoms. The summed E-state index contributed by atoms with van der Waals surface area (Å²) >= 11 is 0. The Morgan fingerprint density at radius 3 is 2.09 bits per heavy atom. The van der Waals surface area contributed by atoms with E-state index in [0.717, 1.165) is 22.9 Å². The van der Waals surface area contributed by atoms with E-state index >= 15 is 0 Å². The molecule has 4 rings (SSSR count). The van der Waals surface area contributed by atoms with E-state index in [1.165, 1.54) is 16.8 Å². The highest BCUT2D eigenvalue weighted by Crippen LogP contribution is 2.35. The molecule has 33 heavy (non-hydrogen) atoms. The third kappa shape index (κ3) is 4.88. The largest absolute Gasteiger partial charge is 0.477 e. The molecule has 3 aromatic carbocycles. The highest BCUT2D eigenvalue weighted by molar-refractivity contribution is 7.90. The van der Waals surface area contributed by atoms with Gasteiger partial charge in [-0.2, -0.15) is 5.10 Å². The van der Waals surface area contributed by atoms with E-state index in [2.05, 4.69) is 0 Å². The van der Waals surface area contributed by atoms with Gasteiger partial charge in [0.2, 0.25) is 0 Å². The van der Waals surface area contributed by atoms with Crippen LogP contribution in [0.15, 0.2) is 83.8 Å². The summed E-state index contributed by atoms with van der Waals surface area (Å²) in [4.78, 5) is 12.6. The lowest BCUT2D eigenvalue weighted by Crippen LogP contribution is -2.12. The van der Waals surface area contributed by atoms with E-state index < -0.39 is 15.8 Å². The van der Waals surface area contributed by atoms with Gasteiger partial charge in [0.05, 0.1) is 4.90 Å². The highest BCUT2D eigenvalue weighted by atomic mass is 32.2. The third-order valence-corrected chi connectivity index (χ3v) is 6.63. The average molecular weight is 461 g/mol. The van der Waals surface area contributed by atoms with E-state index in [1.54, 1.807) is 12.1 Å². The maximum absolute atomic E-state index is 12.4. The summed E-state index contributed by atoms with van der Waals surface area (Å²) < 4.78 is 25.3. The van der Waals surface area contributed by atoms with Gasteiger partial charge in [-0.15, -0.1) is 0 Å². The van der Waals surface area contributed by atoms with Crippen LogP contribution in [0.25, 0.3) is 22.4 Å². The number of carbonyl (C=O) groups is 1. The summed E-state index contributed by atoms with van der Waals surface area (Å²) in [7, 11) is -3.34. The van der Waals surface area contributed by atoms with Gasteiger partial charge < -0.3 is 5.11 Å². The summed E-state index contributed by atoms with van der Waals surface area (Å²) in [5.74, 6) is -1.06.